The molecule has 10 atom stereocenters. The number of nitrogens with one attached hydrogen (secondary N) is 4. The number of benzene rings is 2. The first-order chi connectivity index (χ1) is 44.7. The average molecular weight is 1330 g/mol. The van der Waals surface area contributed by atoms with Gasteiger partial charge in [0.25, 0.3) is 11.8 Å². The van der Waals surface area contributed by atoms with E-state index < -0.39 is 83.7 Å². The lowest BCUT2D eigenvalue weighted by molar-refractivity contribution is -0.149. The molecule has 25 nitrogen and oxygen atoms in total. The molecule has 4 rings (SSSR count). The monoisotopic (exact) mass is 1330 g/mol. The minimum atomic E-state index is -1.22. The van der Waals surface area contributed by atoms with Gasteiger partial charge in [0, 0.05) is 103 Å². The summed E-state index contributed by atoms with van der Waals surface area (Å²) in [6, 6.07) is 12.8. The highest BCUT2D eigenvalue weighted by atomic mass is 16.6. The number of carbonyl (C=O) groups is 12. The molecule has 528 valence electrons. The van der Waals surface area contributed by atoms with Crippen molar-refractivity contribution in [3.63, 3.8) is 0 Å². The predicted molar refractivity (Wildman–Crippen MR) is 359 cm³/mol. The van der Waals surface area contributed by atoms with Crippen LogP contribution in [0.3, 0.4) is 0 Å². The summed E-state index contributed by atoms with van der Waals surface area (Å²) in [5.74, 6) is -6.64. The number of carboxylic acid groups (broad SMARTS) is 1. The van der Waals surface area contributed by atoms with Gasteiger partial charge in [0.15, 0.2) is 11.6 Å². The SMILES string of the molecule is CCOC(=O)N(C)C(C)(C)C(=O)C[C@H](C(=O)N(C)[C@@H]([C@@H](C)CC)[C@@H](CC(=O)N1CCC[C@H]1[C@H](OC)[C@@H](C)C(=O)N[C@@H](Cc1ccccc1)C(=O)O)OC)C(C)C.Cc1ccc(NC(=O)[C@H](CCCNC(N)=O)CC(=O)[C@@H](NC(=O)CCCCN2C(=O)C=CC2=O)C(C)C)cc1. The van der Waals surface area contributed by atoms with Gasteiger partial charge in [0.2, 0.25) is 29.5 Å². The van der Waals surface area contributed by atoms with Gasteiger partial charge in [-0.1, -0.05) is 103 Å². The molecule has 2 aromatic rings. The zero-order valence-electron chi connectivity index (χ0n) is 58.5. The first kappa shape index (κ1) is 81.2. The molecule has 1 saturated heterocycles. The molecule has 2 aliphatic rings. The van der Waals surface area contributed by atoms with Crippen LogP contribution < -0.4 is 27.0 Å². The van der Waals surface area contributed by atoms with E-state index >= 15 is 0 Å². The van der Waals surface area contributed by atoms with Crippen LogP contribution in [0.4, 0.5) is 15.3 Å². The zero-order chi connectivity index (χ0) is 71.4. The van der Waals surface area contributed by atoms with Crippen molar-refractivity contribution in [3.05, 3.63) is 77.9 Å². The second kappa shape index (κ2) is 39.7. The number of ether oxygens (including phenoxy) is 3. The Kier molecular flexibility index (Phi) is 33.9. The Morgan fingerprint density at radius 3 is 1.97 bits per heavy atom. The number of nitrogens with zero attached hydrogens (tertiary/aromatic N) is 4. The fourth-order valence-electron chi connectivity index (χ4n) is 11.8. The lowest BCUT2D eigenvalue weighted by atomic mass is 9.82. The molecule has 2 heterocycles. The van der Waals surface area contributed by atoms with E-state index in [1.165, 1.54) is 38.3 Å². The smallest absolute Gasteiger partial charge is 0.410 e. The van der Waals surface area contributed by atoms with E-state index in [4.69, 9.17) is 19.9 Å². The number of amides is 10. The van der Waals surface area contributed by atoms with E-state index in [1.807, 2.05) is 78.8 Å². The predicted octanol–water partition coefficient (Wildman–Crippen LogP) is 7.01. The summed E-state index contributed by atoms with van der Waals surface area (Å²) in [4.78, 5) is 159. The first-order valence-electron chi connectivity index (χ1n) is 33.1. The third-order valence-electron chi connectivity index (χ3n) is 18.2. The van der Waals surface area contributed by atoms with E-state index in [0.29, 0.717) is 57.2 Å². The number of unbranched alkanes of at least 4 members (excludes halogenated alkanes) is 1. The van der Waals surface area contributed by atoms with Crippen LogP contribution in [-0.4, -0.2) is 192 Å². The molecule has 0 unspecified atom stereocenters. The summed E-state index contributed by atoms with van der Waals surface area (Å²) in [5.41, 5.74) is 6.32. The fraction of sp³-hybridized carbons (Fsp3) is 0.629. The van der Waals surface area contributed by atoms with Gasteiger partial charge >= 0.3 is 18.1 Å². The number of anilines is 1. The first-order valence-corrected chi connectivity index (χ1v) is 33.1. The Bertz CT molecular complexity index is 2920. The molecule has 10 amide bonds. The molecule has 0 radical (unpaired) electrons. The van der Waals surface area contributed by atoms with Gasteiger partial charge in [-0.15, -0.1) is 0 Å². The van der Waals surface area contributed by atoms with Gasteiger partial charge in [0.05, 0.1) is 54.8 Å². The van der Waals surface area contributed by atoms with E-state index in [9.17, 15) is 62.6 Å². The number of ketones is 2. The van der Waals surface area contributed by atoms with E-state index in [0.717, 1.165) is 16.0 Å². The maximum Gasteiger partial charge on any atom is 0.410 e. The molecule has 2 aliphatic heterocycles. The average Bonchev–Trinajstić information content (AvgIpc) is 1.73. The highest BCUT2D eigenvalue weighted by molar-refractivity contribution is 6.12. The molecule has 1 fully saturated rings. The van der Waals surface area contributed by atoms with Crippen molar-refractivity contribution in [2.45, 2.75) is 195 Å². The highest BCUT2D eigenvalue weighted by Gasteiger charge is 2.45. The molecule has 0 bridgehead atoms. The molecular weight excluding hydrogens is 1220 g/mol. The topological polar surface area (TPSA) is 340 Å². The fourth-order valence-corrected chi connectivity index (χ4v) is 11.8. The third-order valence-corrected chi connectivity index (χ3v) is 18.2. The van der Waals surface area contributed by atoms with Crippen molar-refractivity contribution < 1.29 is 76.9 Å². The lowest BCUT2D eigenvalue weighted by Crippen LogP contribution is -2.55. The zero-order valence-corrected chi connectivity index (χ0v) is 58.5. The Labute approximate surface area is 561 Å². The summed E-state index contributed by atoms with van der Waals surface area (Å²) < 4.78 is 17.0. The third kappa shape index (κ3) is 24.9. The number of Topliss-reactive ketones (excluding diaryl/α,β-unsaturated/α-hetero) is 2. The second-order valence-corrected chi connectivity index (χ2v) is 26.0. The number of hydrogen-bond acceptors (Lipinski definition) is 15. The van der Waals surface area contributed by atoms with Crippen LogP contribution in [-0.2, 0) is 68.6 Å². The van der Waals surface area contributed by atoms with Crippen molar-refractivity contribution in [2.75, 3.05) is 59.9 Å². The summed E-state index contributed by atoms with van der Waals surface area (Å²) >= 11 is 0. The highest BCUT2D eigenvalue weighted by Crippen LogP contribution is 2.32. The van der Waals surface area contributed by atoms with Crippen molar-refractivity contribution in [1.29, 1.82) is 0 Å². The standard InChI is InChI=1S/C42H68N4O10.C28H39N5O6/c1-13-27(5)36(44(9)39(50)30(26(3)4)24-34(47)42(7,8)45(10)41(53)56-14-2)33(54-11)25-35(48)46-22-18-21-32(46)37(55-12)28(6)38(49)43-31(40(51)52)23-29-19-16-15-17-20-29;1-18(2)26(32-23(35)8-4-5-16-33-24(36)13-14-25(33)37)22(34)17-20(7-6-15-30-28(29)39)27(38)31-21-11-9-19(3)10-12-21/h15-17,19-20,26-28,30-33,36-37H,13-14,18,21-25H2,1-12H3,(H,43,49)(H,51,52);9-14,18,20,26H,4-8,15-17H2,1-3H3,(H,31,38)(H,32,35)(H3,29,30,39)/t27-,28+,30-,31-,32-,33+,36-,37+;20-,26+/m01/s1. The number of primary amides is 1. The van der Waals surface area contributed by atoms with Gasteiger partial charge in [-0.05, 0) is 102 Å². The largest absolute Gasteiger partial charge is 0.480 e. The van der Waals surface area contributed by atoms with Crippen molar-refractivity contribution >= 4 is 76.7 Å². The van der Waals surface area contributed by atoms with Gasteiger partial charge in [-0.25, -0.2) is 14.4 Å². The van der Waals surface area contributed by atoms with E-state index in [1.54, 1.807) is 68.8 Å². The van der Waals surface area contributed by atoms with Crippen LogP contribution in [0.15, 0.2) is 66.7 Å². The van der Waals surface area contributed by atoms with Crippen LogP contribution in [0, 0.1) is 42.4 Å². The van der Waals surface area contributed by atoms with Crippen LogP contribution in [0.1, 0.15) is 151 Å². The molecule has 0 saturated carbocycles. The van der Waals surface area contributed by atoms with Crippen LogP contribution in [0.25, 0.3) is 0 Å². The maximum atomic E-state index is 14.3. The van der Waals surface area contributed by atoms with Gasteiger partial charge in [-0.2, -0.15) is 0 Å². The van der Waals surface area contributed by atoms with Crippen molar-refractivity contribution in [3.8, 4) is 0 Å². The number of carbonyl (C=O) groups excluding carboxylic acids is 11. The normalized spacial score (nSPS) is 16.6. The number of carboxylic acids is 1. The second-order valence-electron chi connectivity index (χ2n) is 26.0. The molecular formula is C70H107N9O16. The quantitative estimate of drug-likeness (QED) is 0.0291. The Morgan fingerprint density at radius 2 is 1.42 bits per heavy atom. The van der Waals surface area contributed by atoms with Crippen LogP contribution in [0.5, 0.6) is 0 Å². The molecule has 0 aliphatic carbocycles. The van der Waals surface area contributed by atoms with Crippen molar-refractivity contribution in [1.82, 2.24) is 35.6 Å². The van der Waals surface area contributed by atoms with E-state index in [2.05, 4.69) is 21.3 Å². The minimum absolute atomic E-state index is 0.0442. The summed E-state index contributed by atoms with van der Waals surface area (Å²) in [6.07, 6.45) is 4.09. The molecule has 25 heteroatoms. The molecule has 7 N–H and O–H groups in total. The molecule has 2 aromatic carbocycles. The van der Waals surface area contributed by atoms with Gasteiger partial charge in [-0.3, -0.25) is 53.0 Å². The number of likely N-dealkylation sites (tertiary alicyclic amines) is 1. The summed E-state index contributed by atoms with van der Waals surface area (Å²) in [5, 5.41) is 20.7. The lowest BCUT2D eigenvalue weighted by Gasteiger charge is -2.41. The van der Waals surface area contributed by atoms with Gasteiger partial charge < -0.3 is 56.1 Å². The summed E-state index contributed by atoms with van der Waals surface area (Å²) in [7, 11) is 6.19. The number of methoxy groups -OCH3 is 2. The Morgan fingerprint density at radius 1 is 0.789 bits per heavy atom. The van der Waals surface area contributed by atoms with Crippen LogP contribution >= 0.6 is 0 Å². The summed E-state index contributed by atoms with van der Waals surface area (Å²) in [6.45, 7) is 21.1. The molecule has 0 aromatic heterocycles. The number of aryl methyl sites for hydroxylation is 1. The molecule has 95 heavy (non-hydrogen) atoms. The number of hydrogen-bond donors (Lipinski definition) is 6. The van der Waals surface area contributed by atoms with E-state index in [-0.39, 0.29) is 117 Å². The number of likely N-dealkylation sites (N-methyl/N-ethyl adjacent to an activating group) is 2. The Balaban J connectivity index is 0.000000528. The Hall–Kier alpha value is -8.06. The number of urea groups is 1. The van der Waals surface area contributed by atoms with Crippen LogP contribution in [0.2, 0.25) is 0 Å². The number of aliphatic carboxylic acids is 1. The number of nitrogens with two attached hydrogens (primary N) is 1. The van der Waals surface area contributed by atoms with Crippen molar-refractivity contribution in [2.24, 2.45) is 41.2 Å². The molecule has 0 spiro atoms. The number of imide groups is 1. The number of rotatable bonds is 38. The maximum absolute atomic E-state index is 14.3. The van der Waals surface area contributed by atoms with Gasteiger partial charge in [0.1, 0.15) is 6.04 Å². The minimum Gasteiger partial charge on any atom is -0.480 e.